The topological polar surface area (TPSA) is 32.3 Å². The summed E-state index contributed by atoms with van der Waals surface area (Å²) >= 11 is 0. The molecule has 3 nitrogen and oxygen atoms in total. The first-order chi connectivity index (χ1) is 5.86. The SMILES string of the molecule is O=C(C[C@@H]1CCNC1)N1CCC1. The third kappa shape index (κ3) is 1.61. The van der Waals surface area contributed by atoms with Gasteiger partial charge in [0.05, 0.1) is 0 Å². The molecule has 0 aliphatic carbocycles. The van der Waals surface area contributed by atoms with Crippen molar-refractivity contribution >= 4 is 5.91 Å². The van der Waals surface area contributed by atoms with Gasteiger partial charge in [-0.1, -0.05) is 0 Å². The number of carbonyl (C=O) groups excluding carboxylic acids is 1. The predicted octanol–water partition coefficient (Wildman–Crippen LogP) is 0.218. The fourth-order valence-corrected chi connectivity index (χ4v) is 1.83. The minimum atomic E-state index is 0.370. The van der Waals surface area contributed by atoms with E-state index < -0.39 is 0 Å². The van der Waals surface area contributed by atoms with Crippen LogP contribution in [0.15, 0.2) is 0 Å². The molecule has 0 aromatic carbocycles. The van der Waals surface area contributed by atoms with Gasteiger partial charge in [0.25, 0.3) is 0 Å². The summed E-state index contributed by atoms with van der Waals surface area (Å²) in [5.74, 6) is 0.980. The number of hydrogen-bond acceptors (Lipinski definition) is 2. The molecular formula is C9H16N2O. The highest BCUT2D eigenvalue weighted by atomic mass is 16.2. The molecule has 12 heavy (non-hydrogen) atoms. The highest BCUT2D eigenvalue weighted by molar-refractivity contribution is 5.77. The Morgan fingerprint density at radius 1 is 1.50 bits per heavy atom. The molecule has 0 spiro atoms. The summed E-state index contributed by atoms with van der Waals surface area (Å²) in [6.07, 6.45) is 3.15. The molecule has 2 rings (SSSR count). The molecule has 2 saturated heterocycles. The van der Waals surface area contributed by atoms with E-state index >= 15 is 0 Å². The Bertz CT molecular complexity index is 171. The lowest BCUT2D eigenvalue weighted by molar-refractivity contribution is -0.135. The normalized spacial score (nSPS) is 28.7. The monoisotopic (exact) mass is 168 g/mol. The van der Waals surface area contributed by atoms with E-state index in [1.54, 1.807) is 0 Å². The second-order valence-electron chi connectivity index (χ2n) is 3.80. The zero-order valence-electron chi connectivity index (χ0n) is 7.38. The Morgan fingerprint density at radius 2 is 2.33 bits per heavy atom. The van der Waals surface area contributed by atoms with Gasteiger partial charge < -0.3 is 10.2 Å². The van der Waals surface area contributed by atoms with Crippen LogP contribution >= 0.6 is 0 Å². The molecular weight excluding hydrogens is 152 g/mol. The van der Waals surface area contributed by atoms with Crippen LogP contribution in [0.2, 0.25) is 0 Å². The smallest absolute Gasteiger partial charge is 0.222 e. The minimum absolute atomic E-state index is 0.370. The van der Waals surface area contributed by atoms with Crippen LogP contribution in [0.3, 0.4) is 0 Å². The van der Waals surface area contributed by atoms with Crippen molar-refractivity contribution in [1.82, 2.24) is 10.2 Å². The van der Waals surface area contributed by atoms with Crippen LogP contribution in [0, 0.1) is 5.92 Å². The van der Waals surface area contributed by atoms with Crippen molar-refractivity contribution in [1.29, 1.82) is 0 Å². The molecule has 1 atom stereocenters. The van der Waals surface area contributed by atoms with Crippen molar-refractivity contribution in [3.63, 3.8) is 0 Å². The molecule has 0 aromatic rings. The van der Waals surface area contributed by atoms with E-state index in [1.165, 1.54) is 12.8 Å². The predicted molar refractivity (Wildman–Crippen MR) is 46.8 cm³/mol. The zero-order chi connectivity index (χ0) is 8.39. The van der Waals surface area contributed by atoms with Gasteiger partial charge in [-0.2, -0.15) is 0 Å². The van der Waals surface area contributed by atoms with Crippen LogP contribution in [-0.4, -0.2) is 37.0 Å². The van der Waals surface area contributed by atoms with Crippen LogP contribution in [0.1, 0.15) is 19.3 Å². The number of likely N-dealkylation sites (tertiary alicyclic amines) is 1. The van der Waals surface area contributed by atoms with Crippen molar-refractivity contribution in [3.8, 4) is 0 Å². The maximum absolute atomic E-state index is 11.5. The Labute approximate surface area is 73.1 Å². The first-order valence-corrected chi connectivity index (χ1v) is 4.85. The molecule has 3 heteroatoms. The number of amides is 1. The Balaban J connectivity index is 1.73. The van der Waals surface area contributed by atoms with Gasteiger partial charge in [0.15, 0.2) is 0 Å². The Hall–Kier alpha value is -0.570. The maximum Gasteiger partial charge on any atom is 0.222 e. The lowest BCUT2D eigenvalue weighted by atomic mass is 10.0. The second-order valence-corrected chi connectivity index (χ2v) is 3.80. The summed E-state index contributed by atoms with van der Waals surface area (Å²) in [5, 5.41) is 3.28. The second kappa shape index (κ2) is 3.44. The number of carbonyl (C=O) groups is 1. The Kier molecular flexibility index (Phi) is 2.30. The molecule has 0 unspecified atom stereocenters. The van der Waals surface area contributed by atoms with E-state index in [2.05, 4.69) is 5.32 Å². The molecule has 0 bridgehead atoms. The highest BCUT2D eigenvalue weighted by Crippen LogP contribution is 2.16. The zero-order valence-corrected chi connectivity index (χ0v) is 7.38. The fourth-order valence-electron chi connectivity index (χ4n) is 1.83. The summed E-state index contributed by atoms with van der Waals surface area (Å²) in [5.41, 5.74) is 0. The molecule has 0 radical (unpaired) electrons. The summed E-state index contributed by atoms with van der Waals surface area (Å²) in [7, 11) is 0. The van der Waals surface area contributed by atoms with Crippen LogP contribution in [0.5, 0.6) is 0 Å². The molecule has 1 amide bonds. The van der Waals surface area contributed by atoms with Crippen LogP contribution in [-0.2, 0) is 4.79 Å². The van der Waals surface area contributed by atoms with Crippen molar-refractivity contribution in [3.05, 3.63) is 0 Å². The van der Waals surface area contributed by atoms with Gasteiger partial charge in [0.2, 0.25) is 5.91 Å². The maximum atomic E-state index is 11.5. The van der Waals surface area contributed by atoms with E-state index in [9.17, 15) is 4.79 Å². The fraction of sp³-hybridized carbons (Fsp3) is 0.889. The van der Waals surface area contributed by atoms with Crippen molar-refractivity contribution in [2.24, 2.45) is 5.92 Å². The molecule has 0 aromatic heterocycles. The summed E-state index contributed by atoms with van der Waals surface area (Å²) in [6, 6.07) is 0. The van der Waals surface area contributed by atoms with Gasteiger partial charge in [0.1, 0.15) is 0 Å². The van der Waals surface area contributed by atoms with Crippen molar-refractivity contribution < 1.29 is 4.79 Å². The average Bonchev–Trinajstić information content (AvgIpc) is 2.34. The first-order valence-electron chi connectivity index (χ1n) is 4.85. The molecule has 2 aliphatic heterocycles. The van der Waals surface area contributed by atoms with Gasteiger partial charge in [-0.3, -0.25) is 4.79 Å². The highest BCUT2D eigenvalue weighted by Gasteiger charge is 2.24. The van der Waals surface area contributed by atoms with Crippen LogP contribution in [0.4, 0.5) is 0 Å². The lowest BCUT2D eigenvalue weighted by Crippen LogP contribution is -2.42. The quantitative estimate of drug-likeness (QED) is 0.639. The van der Waals surface area contributed by atoms with Gasteiger partial charge in [-0.15, -0.1) is 0 Å². The standard InChI is InChI=1S/C9H16N2O/c12-9(11-4-1-5-11)6-8-2-3-10-7-8/h8,10H,1-7H2/t8-/m0/s1. The van der Waals surface area contributed by atoms with Gasteiger partial charge in [-0.05, 0) is 31.8 Å². The van der Waals surface area contributed by atoms with Crippen LogP contribution < -0.4 is 5.32 Å². The van der Waals surface area contributed by atoms with Crippen molar-refractivity contribution in [2.45, 2.75) is 19.3 Å². The van der Waals surface area contributed by atoms with Crippen LogP contribution in [0.25, 0.3) is 0 Å². The largest absolute Gasteiger partial charge is 0.343 e. The summed E-state index contributed by atoms with van der Waals surface area (Å²) in [4.78, 5) is 13.4. The van der Waals surface area contributed by atoms with Gasteiger partial charge in [-0.25, -0.2) is 0 Å². The molecule has 2 heterocycles. The Morgan fingerprint density at radius 3 is 2.83 bits per heavy atom. The third-order valence-corrected chi connectivity index (χ3v) is 2.83. The third-order valence-electron chi connectivity index (χ3n) is 2.83. The molecule has 2 aliphatic rings. The number of hydrogen-bond donors (Lipinski definition) is 1. The molecule has 1 N–H and O–H groups in total. The number of nitrogens with one attached hydrogen (secondary N) is 1. The van der Waals surface area contributed by atoms with E-state index in [0.29, 0.717) is 11.8 Å². The summed E-state index contributed by atoms with van der Waals surface area (Å²) < 4.78 is 0. The van der Waals surface area contributed by atoms with Gasteiger partial charge in [0, 0.05) is 19.5 Å². The average molecular weight is 168 g/mol. The molecule has 68 valence electrons. The number of rotatable bonds is 2. The molecule has 2 fully saturated rings. The molecule has 0 saturated carbocycles. The van der Waals surface area contributed by atoms with E-state index in [1.807, 2.05) is 4.90 Å². The number of nitrogens with zero attached hydrogens (tertiary/aromatic N) is 1. The lowest BCUT2D eigenvalue weighted by Gasteiger charge is -2.31. The van der Waals surface area contributed by atoms with Gasteiger partial charge >= 0.3 is 0 Å². The summed E-state index contributed by atoms with van der Waals surface area (Å²) in [6.45, 7) is 4.13. The van der Waals surface area contributed by atoms with Crippen molar-refractivity contribution in [2.75, 3.05) is 26.2 Å². The minimum Gasteiger partial charge on any atom is -0.343 e. The van der Waals surface area contributed by atoms with E-state index in [-0.39, 0.29) is 0 Å². The van der Waals surface area contributed by atoms with E-state index in [0.717, 1.165) is 32.6 Å². The van der Waals surface area contributed by atoms with E-state index in [4.69, 9.17) is 0 Å². The first kappa shape index (κ1) is 8.05.